The van der Waals surface area contributed by atoms with Gasteiger partial charge in [0.1, 0.15) is 23.9 Å². The van der Waals surface area contributed by atoms with Crippen molar-refractivity contribution in [2.24, 2.45) is 0 Å². The van der Waals surface area contributed by atoms with Crippen LogP contribution in [0.3, 0.4) is 0 Å². The highest BCUT2D eigenvalue weighted by Gasteiger charge is 2.50. The molecule has 35 heavy (non-hydrogen) atoms. The van der Waals surface area contributed by atoms with E-state index in [2.05, 4.69) is 20.4 Å². The van der Waals surface area contributed by atoms with Crippen LogP contribution in [-0.4, -0.2) is 78.2 Å². The Hall–Kier alpha value is -3.73. The van der Waals surface area contributed by atoms with Gasteiger partial charge in [-0.15, -0.1) is 0 Å². The summed E-state index contributed by atoms with van der Waals surface area (Å²) in [6, 6.07) is -0.564. The number of amides is 1. The molecule has 186 valence electrons. The topological polar surface area (TPSA) is 215 Å². The van der Waals surface area contributed by atoms with E-state index in [-0.39, 0.29) is 17.1 Å². The van der Waals surface area contributed by atoms with Gasteiger partial charge in [-0.3, -0.25) is 19.1 Å². The normalized spacial score (nSPS) is 22.6. The van der Waals surface area contributed by atoms with Crippen molar-refractivity contribution in [3.05, 3.63) is 63.0 Å². The van der Waals surface area contributed by atoms with Crippen LogP contribution in [0.2, 0.25) is 0 Å². The zero-order valence-electron chi connectivity index (χ0n) is 18.0. The molecule has 3 aromatic heterocycles. The number of thioether (sulfide) groups is 1. The monoisotopic (exact) mass is 508 g/mol. The van der Waals surface area contributed by atoms with Crippen molar-refractivity contribution in [2.75, 3.05) is 7.11 Å². The Labute approximate surface area is 199 Å². The number of hydrogen-bond donors (Lipinski definition) is 5. The molecule has 3 aromatic rings. The van der Waals surface area contributed by atoms with Gasteiger partial charge >= 0.3 is 11.7 Å². The summed E-state index contributed by atoms with van der Waals surface area (Å²) < 4.78 is 16.3. The molecule has 1 amide bonds. The van der Waals surface area contributed by atoms with Crippen molar-refractivity contribution in [2.45, 2.75) is 41.5 Å². The van der Waals surface area contributed by atoms with Gasteiger partial charge in [-0.25, -0.2) is 14.6 Å². The summed E-state index contributed by atoms with van der Waals surface area (Å²) in [7, 11) is 1.06. The highest BCUT2D eigenvalue weighted by molar-refractivity contribution is 7.98. The minimum Gasteiger partial charge on any atom is -0.467 e. The first-order valence-electron chi connectivity index (χ1n) is 10.1. The van der Waals surface area contributed by atoms with Gasteiger partial charge in [0, 0.05) is 24.7 Å². The second-order valence-corrected chi connectivity index (χ2v) is 8.27. The second-order valence-electron chi connectivity index (χ2n) is 7.31. The maximum absolute atomic E-state index is 13.0. The van der Waals surface area contributed by atoms with E-state index >= 15 is 0 Å². The van der Waals surface area contributed by atoms with E-state index in [1.807, 2.05) is 4.98 Å². The van der Waals surface area contributed by atoms with Gasteiger partial charge in [-0.05, 0) is 0 Å². The van der Waals surface area contributed by atoms with Gasteiger partial charge in [0.05, 0.1) is 19.1 Å². The van der Waals surface area contributed by atoms with E-state index < -0.39 is 53.7 Å². The minimum absolute atomic E-state index is 0.0133. The smallest absolute Gasteiger partial charge is 0.331 e. The number of aliphatic hydroxyl groups excluding tert-OH is 2. The first-order valence-corrected chi connectivity index (χ1v) is 11.1. The molecule has 0 radical (unpaired) electrons. The number of rotatable bonds is 8. The third-order valence-corrected chi connectivity index (χ3v) is 6.08. The van der Waals surface area contributed by atoms with Crippen molar-refractivity contribution in [3.63, 3.8) is 0 Å². The van der Waals surface area contributed by atoms with Crippen molar-refractivity contribution in [3.8, 4) is 0 Å². The number of aromatic amines is 2. The molecule has 0 bridgehead atoms. The molecule has 15 nitrogen and oxygen atoms in total. The lowest BCUT2D eigenvalue weighted by atomic mass is 10.0. The number of esters is 1. The number of H-pyrrole nitrogens is 2. The largest absolute Gasteiger partial charge is 0.467 e. The number of carbonyl (C=O) groups is 2. The van der Waals surface area contributed by atoms with Gasteiger partial charge in [0.2, 0.25) is 0 Å². The summed E-state index contributed by atoms with van der Waals surface area (Å²) >= 11 is 1.24. The molecule has 4 rings (SSSR count). The maximum atomic E-state index is 13.0. The van der Waals surface area contributed by atoms with E-state index in [0.717, 1.165) is 30.1 Å². The summed E-state index contributed by atoms with van der Waals surface area (Å²) in [5.74, 6) is -1.38. The Morgan fingerprint density at radius 2 is 2.14 bits per heavy atom. The molecule has 0 aliphatic carbocycles. The lowest BCUT2D eigenvalue weighted by molar-refractivity contribution is -0.149. The summed E-state index contributed by atoms with van der Waals surface area (Å²) in [6.45, 7) is 0. The van der Waals surface area contributed by atoms with Gasteiger partial charge in [-0.1, -0.05) is 16.9 Å². The van der Waals surface area contributed by atoms with E-state index in [1.165, 1.54) is 11.8 Å². The quantitative estimate of drug-likeness (QED) is 0.167. The first-order chi connectivity index (χ1) is 16.8. The lowest BCUT2D eigenvalue weighted by Crippen LogP contribution is -2.53. The second kappa shape index (κ2) is 10.3. The number of aliphatic hydroxyl groups is 2. The molecule has 0 spiro atoms. The van der Waals surface area contributed by atoms with E-state index in [4.69, 9.17) is 14.0 Å². The van der Waals surface area contributed by atoms with Crippen LogP contribution in [0.15, 0.2) is 50.1 Å². The summed E-state index contributed by atoms with van der Waals surface area (Å²) in [5, 5.41) is 27.7. The molecule has 1 aliphatic rings. The lowest BCUT2D eigenvalue weighted by Gasteiger charge is -2.24. The fourth-order valence-corrected chi connectivity index (χ4v) is 4.22. The predicted octanol–water partition coefficient (Wildman–Crippen LogP) is -1.87. The third kappa shape index (κ3) is 5.04. The molecule has 16 heteroatoms. The maximum Gasteiger partial charge on any atom is 0.331 e. The molecule has 5 atom stereocenters. The van der Waals surface area contributed by atoms with Crippen LogP contribution in [0.25, 0.3) is 0 Å². The number of carbonyl (C=O) groups excluding carboxylic acids is 2. The van der Waals surface area contributed by atoms with E-state index in [9.17, 15) is 29.4 Å². The number of methoxy groups -OCH3 is 1. The number of nitrogens with zero attached hydrogens (tertiary/aromatic N) is 3. The van der Waals surface area contributed by atoms with Crippen LogP contribution in [0, 0.1) is 0 Å². The van der Waals surface area contributed by atoms with Crippen LogP contribution in [0.5, 0.6) is 0 Å². The highest BCUT2D eigenvalue weighted by atomic mass is 32.2. The fraction of sp³-hybridized carbons (Fsp3) is 0.368. The Bertz CT molecular complexity index is 1300. The molecular formula is C19H20N6O9S. The fourth-order valence-electron chi connectivity index (χ4n) is 3.46. The Balaban J connectivity index is 1.53. The van der Waals surface area contributed by atoms with Crippen LogP contribution in [-0.2, 0) is 20.0 Å². The number of imidazole rings is 1. The minimum atomic E-state index is -1.71. The molecule has 5 N–H and O–H groups in total. The average molecular weight is 508 g/mol. The standard InChI is InChI=1S/C19H20N6O9S/c1-32-17(30)11(14-12(27)13(28)16(33-14)25-5-2-10(26)23-19(25)31)24-15(29)8-6-22-34-9(8)7-35-18-20-3-4-21-18/h2-6,11-14,16,27-28H,7H2,1H3,(H,20,21)(H,24,29)(H,23,26,31)/t11?,12-,13+,14+,16+/m0/s1. The SMILES string of the molecule is COC(=O)C(NC(=O)c1cnoc1CSc1ncc[nH]1)[C@H]1O[C@@H](n2ccc(=O)[nH]c2=O)[C@H](O)[C@@H]1O. The Morgan fingerprint density at radius 3 is 2.83 bits per heavy atom. The Kier molecular flexibility index (Phi) is 7.15. The van der Waals surface area contributed by atoms with Crippen LogP contribution in [0.4, 0.5) is 0 Å². The van der Waals surface area contributed by atoms with Gasteiger partial charge in [-0.2, -0.15) is 0 Å². The molecule has 1 aliphatic heterocycles. The molecule has 1 fully saturated rings. The molecule has 0 saturated carbocycles. The summed E-state index contributed by atoms with van der Waals surface area (Å²) in [6.07, 6.45) is -0.935. The van der Waals surface area contributed by atoms with Crippen LogP contribution >= 0.6 is 11.8 Å². The van der Waals surface area contributed by atoms with Crippen molar-refractivity contribution >= 4 is 23.6 Å². The van der Waals surface area contributed by atoms with E-state index in [0.29, 0.717) is 5.16 Å². The Morgan fingerprint density at radius 1 is 1.34 bits per heavy atom. The number of hydrogen-bond acceptors (Lipinski definition) is 12. The number of aromatic nitrogens is 5. The van der Waals surface area contributed by atoms with Crippen molar-refractivity contribution < 1.29 is 33.8 Å². The average Bonchev–Trinajstić information content (AvgIpc) is 3.58. The van der Waals surface area contributed by atoms with Crippen LogP contribution < -0.4 is 16.6 Å². The van der Waals surface area contributed by atoms with Crippen molar-refractivity contribution in [1.29, 1.82) is 0 Å². The first kappa shape index (κ1) is 24.4. The van der Waals surface area contributed by atoms with Gasteiger partial charge in [0.25, 0.3) is 11.5 Å². The predicted molar refractivity (Wildman–Crippen MR) is 115 cm³/mol. The summed E-state index contributed by atoms with van der Waals surface area (Å²) in [5.41, 5.74) is -1.57. The molecule has 4 heterocycles. The van der Waals surface area contributed by atoms with Gasteiger partial charge in [0.15, 0.2) is 23.2 Å². The molecule has 0 aromatic carbocycles. The zero-order valence-corrected chi connectivity index (χ0v) is 18.8. The summed E-state index contributed by atoms with van der Waals surface area (Å²) in [4.78, 5) is 57.8. The van der Waals surface area contributed by atoms with E-state index in [1.54, 1.807) is 12.4 Å². The molecular weight excluding hydrogens is 488 g/mol. The molecule has 1 unspecified atom stereocenters. The zero-order chi connectivity index (χ0) is 25.1. The number of nitrogens with one attached hydrogen (secondary N) is 3. The number of ether oxygens (including phenoxy) is 2. The van der Waals surface area contributed by atoms with Crippen molar-refractivity contribution in [1.82, 2.24) is 30.0 Å². The van der Waals surface area contributed by atoms with Crippen LogP contribution in [0.1, 0.15) is 22.3 Å². The third-order valence-electron chi connectivity index (χ3n) is 5.17. The van der Waals surface area contributed by atoms with Gasteiger partial charge < -0.3 is 34.5 Å². The highest BCUT2D eigenvalue weighted by Crippen LogP contribution is 2.31. The molecule has 1 saturated heterocycles.